The van der Waals surface area contributed by atoms with E-state index in [1.54, 1.807) is 25.3 Å². The first-order chi connectivity index (χ1) is 10.5. The molecule has 2 rings (SSSR count). The van der Waals surface area contributed by atoms with Gasteiger partial charge < -0.3 is 14.6 Å². The normalized spacial score (nSPS) is 14.6. The van der Waals surface area contributed by atoms with E-state index in [1.165, 1.54) is 0 Å². The number of carbonyl (C=O) groups excluding carboxylic acids is 1. The van der Waals surface area contributed by atoms with Crippen LogP contribution in [0, 0.1) is 0 Å². The van der Waals surface area contributed by atoms with E-state index < -0.39 is 17.3 Å². The molecule has 1 aliphatic carbocycles. The molecule has 118 valence electrons. The van der Waals surface area contributed by atoms with Gasteiger partial charge in [0.1, 0.15) is 0 Å². The average molecular weight is 304 g/mol. The molecule has 0 unspecified atom stereocenters. The maximum absolute atomic E-state index is 11.8. The largest absolute Gasteiger partial charge is 0.493 e. The third-order valence-electron chi connectivity index (χ3n) is 3.78. The molecule has 1 N–H and O–H groups in total. The second-order valence-corrected chi connectivity index (χ2v) is 5.39. The molecule has 5 nitrogen and oxygen atoms in total. The van der Waals surface area contributed by atoms with E-state index in [0.717, 1.165) is 25.7 Å². The van der Waals surface area contributed by atoms with Crippen LogP contribution in [0.25, 0.3) is 0 Å². The number of hydrogen-bond donors (Lipinski definition) is 1. The van der Waals surface area contributed by atoms with Crippen molar-refractivity contribution in [2.75, 3.05) is 7.11 Å². The Kier molecular flexibility index (Phi) is 5.20. The first kappa shape index (κ1) is 16.1. The Hall–Kier alpha value is -2.30. The van der Waals surface area contributed by atoms with E-state index in [4.69, 9.17) is 14.6 Å². The van der Waals surface area contributed by atoms with Crippen LogP contribution in [-0.2, 0) is 16.0 Å². The van der Waals surface area contributed by atoms with Gasteiger partial charge >= 0.3 is 5.97 Å². The smallest absolute Gasteiger partial charge is 0.338 e. The summed E-state index contributed by atoms with van der Waals surface area (Å²) in [5.41, 5.74) is 0.273. The van der Waals surface area contributed by atoms with Crippen molar-refractivity contribution in [2.24, 2.45) is 0 Å². The van der Waals surface area contributed by atoms with Gasteiger partial charge in [-0.1, -0.05) is 12.6 Å². The zero-order valence-corrected chi connectivity index (χ0v) is 12.6. The fourth-order valence-corrected chi connectivity index (χ4v) is 2.52. The van der Waals surface area contributed by atoms with E-state index in [1.807, 2.05) is 0 Å². The molecule has 0 radical (unpaired) electrons. The van der Waals surface area contributed by atoms with Crippen LogP contribution in [-0.4, -0.2) is 30.1 Å². The average Bonchev–Trinajstić information content (AvgIpc) is 2.99. The number of aliphatic carboxylic acids is 1. The lowest BCUT2D eigenvalue weighted by molar-refractivity contribution is -0.134. The molecule has 1 aliphatic rings. The maximum atomic E-state index is 11.8. The molecule has 5 heteroatoms. The molecule has 0 aliphatic heterocycles. The van der Waals surface area contributed by atoms with Crippen LogP contribution in [0.15, 0.2) is 30.4 Å². The Bertz CT molecular complexity index is 585. The summed E-state index contributed by atoms with van der Waals surface area (Å²) in [4.78, 5) is 22.6. The van der Waals surface area contributed by atoms with Crippen molar-refractivity contribution >= 4 is 11.8 Å². The van der Waals surface area contributed by atoms with Crippen molar-refractivity contribution in [3.8, 4) is 11.5 Å². The maximum Gasteiger partial charge on any atom is 0.338 e. The highest BCUT2D eigenvalue weighted by atomic mass is 16.5. The molecule has 0 saturated heterocycles. The van der Waals surface area contributed by atoms with Crippen molar-refractivity contribution in [3.05, 3.63) is 35.9 Å². The Labute approximate surface area is 129 Å². The van der Waals surface area contributed by atoms with E-state index in [2.05, 4.69) is 6.58 Å². The fourth-order valence-electron chi connectivity index (χ4n) is 2.52. The Morgan fingerprint density at radius 2 is 1.95 bits per heavy atom. The van der Waals surface area contributed by atoms with Gasteiger partial charge in [0.05, 0.1) is 18.8 Å². The lowest BCUT2D eigenvalue weighted by Crippen LogP contribution is -2.14. The third kappa shape index (κ3) is 3.87. The van der Waals surface area contributed by atoms with Crippen LogP contribution in [0.3, 0.4) is 0 Å². The molecule has 22 heavy (non-hydrogen) atoms. The van der Waals surface area contributed by atoms with Gasteiger partial charge in [-0.3, -0.25) is 4.79 Å². The summed E-state index contributed by atoms with van der Waals surface area (Å²) in [5, 5.41) is 8.79. The van der Waals surface area contributed by atoms with E-state index in [0.29, 0.717) is 17.1 Å². The number of benzene rings is 1. The van der Waals surface area contributed by atoms with Gasteiger partial charge in [-0.15, -0.1) is 0 Å². The van der Waals surface area contributed by atoms with Gasteiger partial charge in [0, 0.05) is 6.42 Å². The molecule has 0 bridgehead atoms. The monoisotopic (exact) mass is 304 g/mol. The number of carboxylic acids is 1. The van der Waals surface area contributed by atoms with E-state index in [9.17, 15) is 9.59 Å². The SMILES string of the molecule is C=C(C(=O)O)C(=O)Cc1ccc(OC)c(OC2CCCC2)c1. The zero-order valence-electron chi connectivity index (χ0n) is 12.6. The van der Waals surface area contributed by atoms with Crippen LogP contribution in [0.5, 0.6) is 11.5 Å². The van der Waals surface area contributed by atoms with Crippen LogP contribution in [0.2, 0.25) is 0 Å². The summed E-state index contributed by atoms with van der Waals surface area (Å²) < 4.78 is 11.2. The zero-order chi connectivity index (χ0) is 16.1. The second kappa shape index (κ2) is 7.11. The molecule has 1 aromatic carbocycles. The predicted molar refractivity (Wildman–Crippen MR) is 81.4 cm³/mol. The number of methoxy groups -OCH3 is 1. The molecular weight excluding hydrogens is 284 g/mol. The van der Waals surface area contributed by atoms with Gasteiger partial charge in [0.2, 0.25) is 0 Å². The van der Waals surface area contributed by atoms with Gasteiger partial charge in [-0.25, -0.2) is 4.79 Å². The van der Waals surface area contributed by atoms with E-state index in [-0.39, 0.29) is 12.5 Å². The molecular formula is C17H20O5. The standard InChI is InChI=1S/C17H20O5/c1-11(17(19)20)14(18)9-12-7-8-15(21-2)16(10-12)22-13-5-3-4-6-13/h7-8,10,13H,1,3-6,9H2,2H3,(H,19,20). The summed E-state index contributed by atoms with van der Waals surface area (Å²) >= 11 is 0. The Morgan fingerprint density at radius 1 is 1.27 bits per heavy atom. The number of rotatable bonds is 7. The van der Waals surface area contributed by atoms with Crippen LogP contribution in [0.1, 0.15) is 31.2 Å². The third-order valence-corrected chi connectivity index (χ3v) is 3.78. The van der Waals surface area contributed by atoms with Crippen molar-refractivity contribution < 1.29 is 24.2 Å². The van der Waals surface area contributed by atoms with Gasteiger partial charge in [0.25, 0.3) is 0 Å². The number of ketones is 1. The molecule has 0 spiro atoms. The minimum Gasteiger partial charge on any atom is -0.493 e. The Morgan fingerprint density at radius 3 is 2.55 bits per heavy atom. The molecule has 1 aromatic rings. The number of carboxylic acid groups (broad SMARTS) is 1. The number of ether oxygens (including phenoxy) is 2. The number of carbonyl (C=O) groups is 2. The van der Waals surface area contributed by atoms with Gasteiger partial charge in [-0.05, 0) is 43.4 Å². The predicted octanol–water partition coefficient (Wildman–Crippen LogP) is 2.77. The molecule has 0 aromatic heterocycles. The summed E-state index contributed by atoms with van der Waals surface area (Å²) in [6, 6.07) is 5.20. The number of Topliss-reactive ketones (excluding diaryl/α,β-unsaturated/α-hetero) is 1. The van der Waals surface area contributed by atoms with Crippen molar-refractivity contribution in [1.29, 1.82) is 0 Å². The van der Waals surface area contributed by atoms with Crippen molar-refractivity contribution in [3.63, 3.8) is 0 Å². The summed E-state index contributed by atoms with van der Waals surface area (Å²) in [7, 11) is 1.56. The van der Waals surface area contributed by atoms with Gasteiger partial charge in [-0.2, -0.15) is 0 Å². The topological polar surface area (TPSA) is 72.8 Å². The highest BCUT2D eigenvalue weighted by Gasteiger charge is 2.20. The quantitative estimate of drug-likeness (QED) is 0.476. The highest BCUT2D eigenvalue weighted by molar-refractivity contribution is 6.16. The molecule has 0 heterocycles. The summed E-state index contributed by atoms with van der Waals surface area (Å²) in [6.07, 6.45) is 4.50. The number of hydrogen-bond acceptors (Lipinski definition) is 4. The van der Waals surface area contributed by atoms with Crippen LogP contribution in [0.4, 0.5) is 0 Å². The molecule has 0 amide bonds. The van der Waals surface area contributed by atoms with Crippen LogP contribution >= 0.6 is 0 Å². The highest BCUT2D eigenvalue weighted by Crippen LogP contribution is 2.32. The van der Waals surface area contributed by atoms with Crippen molar-refractivity contribution in [1.82, 2.24) is 0 Å². The summed E-state index contributed by atoms with van der Waals surface area (Å²) in [6.45, 7) is 3.28. The van der Waals surface area contributed by atoms with Crippen molar-refractivity contribution in [2.45, 2.75) is 38.2 Å². The lowest BCUT2D eigenvalue weighted by atomic mass is 10.0. The molecule has 1 fully saturated rings. The minimum absolute atomic E-state index is 0.0177. The second-order valence-electron chi connectivity index (χ2n) is 5.39. The minimum atomic E-state index is -1.29. The fraction of sp³-hybridized carbons (Fsp3) is 0.412. The first-order valence-electron chi connectivity index (χ1n) is 7.30. The lowest BCUT2D eigenvalue weighted by Gasteiger charge is -2.16. The van der Waals surface area contributed by atoms with Gasteiger partial charge in [0.15, 0.2) is 17.3 Å². The molecule has 0 atom stereocenters. The van der Waals surface area contributed by atoms with Crippen LogP contribution < -0.4 is 9.47 Å². The molecule has 1 saturated carbocycles. The van der Waals surface area contributed by atoms with E-state index >= 15 is 0 Å². The first-order valence-corrected chi connectivity index (χ1v) is 7.30. The summed E-state index contributed by atoms with van der Waals surface area (Å²) in [5.74, 6) is -0.591. The Balaban J connectivity index is 2.13.